The zero-order chi connectivity index (χ0) is 17.1. The van der Waals surface area contributed by atoms with E-state index in [1.165, 1.54) is 24.9 Å². The molecule has 1 aliphatic rings. The molecule has 0 aromatic carbocycles. The number of aliphatic carboxylic acids is 1. The minimum absolute atomic E-state index is 0.0896. The van der Waals surface area contributed by atoms with Crippen molar-refractivity contribution in [2.75, 3.05) is 26.7 Å². The molecule has 1 aliphatic heterocycles. The maximum atomic E-state index is 10.4. The summed E-state index contributed by atoms with van der Waals surface area (Å²) in [4.78, 5) is 17.0. The molecule has 1 fully saturated rings. The van der Waals surface area contributed by atoms with E-state index in [4.69, 9.17) is 10.2 Å². The molecule has 6 heteroatoms. The van der Waals surface area contributed by atoms with E-state index >= 15 is 0 Å². The fraction of sp³-hybridized carbons (Fsp3) is 0.647. The summed E-state index contributed by atoms with van der Waals surface area (Å²) in [6.07, 6.45) is 7.58. The Hall–Kier alpha value is -1.50. The third kappa shape index (κ3) is 7.07. The number of nitrogens with zero attached hydrogens (tertiary/aromatic N) is 2. The molecule has 1 aromatic rings. The highest BCUT2D eigenvalue weighted by molar-refractivity contribution is 5.73. The number of likely N-dealkylation sites (tertiary alicyclic amines) is 1. The van der Waals surface area contributed by atoms with Crippen LogP contribution in [0.1, 0.15) is 44.2 Å². The summed E-state index contributed by atoms with van der Waals surface area (Å²) in [5.41, 5.74) is 1.36. The Labute approximate surface area is 138 Å². The first kappa shape index (κ1) is 19.5. The summed E-state index contributed by atoms with van der Waals surface area (Å²) >= 11 is 0. The van der Waals surface area contributed by atoms with Crippen LogP contribution in [0.25, 0.3) is 0 Å². The molecule has 3 N–H and O–H groups in total. The Balaban J connectivity index is 0.000000232. The SMILES string of the molecule is CCCNC(CCO)C(=O)O.CN1CCCC1c1cccnc1. The number of carbonyl (C=O) groups is 1. The van der Waals surface area contributed by atoms with E-state index in [0.29, 0.717) is 12.6 Å². The smallest absolute Gasteiger partial charge is 0.320 e. The molecular formula is C17H29N3O3. The molecular weight excluding hydrogens is 294 g/mol. The molecule has 0 bridgehead atoms. The number of aliphatic hydroxyl groups is 1. The van der Waals surface area contributed by atoms with Crippen LogP contribution >= 0.6 is 0 Å². The fourth-order valence-electron chi connectivity index (χ4n) is 2.67. The predicted octanol–water partition coefficient (Wildman–Crippen LogP) is 1.67. The van der Waals surface area contributed by atoms with Gasteiger partial charge in [-0.2, -0.15) is 0 Å². The van der Waals surface area contributed by atoms with E-state index in [0.717, 1.165) is 6.42 Å². The zero-order valence-electron chi connectivity index (χ0n) is 14.1. The van der Waals surface area contributed by atoms with Crippen molar-refractivity contribution in [3.63, 3.8) is 0 Å². The third-order valence-corrected chi connectivity index (χ3v) is 3.95. The number of nitrogens with one attached hydrogen (secondary N) is 1. The monoisotopic (exact) mass is 323 g/mol. The van der Waals surface area contributed by atoms with E-state index in [1.54, 1.807) is 0 Å². The van der Waals surface area contributed by atoms with Crippen LogP contribution < -0.4 is 5.32 Å². The summed E-state index contributed by atoms with van der Waals surface area (Å²) in [5, 5.41) is 19.8. The minimum atomic E-state index is -0.896. The van der Waals surface area contributed by atoms with Gasteiger partial charge < -0.3 is 15.5 Å². The lowest BCUT2D eigenvalue weighted by Crippen LogP contribution is -2.37. The van der Waals surface area contributed by atoms with E-state index < -0.39 is 12.0 Å². The summed E-state index contributed by atoms with van der Waals surface area (Å²) in [5.74, 6) is -0.896. The highest BCUT2D eigenvalue weighted by Crippen LogP contribution is 2.29. The molecule has 23 heavy (non-hydrogen) atoms. The molecule has 0 spiro atoms. The first-order valence-electron chi connectivity index (χ1n) is 8.27. The number of aromatic nitrogens is 1. The quantitative estimate of drug-likeness (QED) is 0.708. The van der Waals surface area contributed by atoms with Gasteiger partial charge in [0.1, 0.15) is 6.04 Å². The highest BCUT2D eigenvalue weighted by Gasteiger charge is 2.22. The van der Waals surface area contributed by atoms with Crippen molar-refractivity contribution in [2.24, 2.45) is 0 Å². The number of hydrogen-bond donors (Lipinski definition) is 3. The van der Waals surface area contributed by atoms with E-state index in [2.05, 4.69) is 28.3 Å². The Kier molecular flexibility index (Phi) is 9.43. The van der Waals surface area contributed by atoms with Crippen molar-refractivity contribution >= 4 is 5.97 Å². The van der Waals surface area contributed by atoms with Gasteiger partial charge in [0.05, 0.1) is 0 Å². The zero-order valence-corrected chi connectivity index (χ0v) is 14.1. The van der Waals surface area contributed by atoms with Gasteiger partial charge in [-0.05, 0) is 57.5 Å². The van der Waals surface area contributed by atoms with Crippen LogP contribution in [0.3, 0.4) is 0 Å². The molecule has 0 saturated carbocycles. The number of carboxylic acids is 1. The number of carboxylic acid groups (broad SMARTS) is 1. The summed E-state index contributed by atoms with van der Waals surface area (Å²) in [7, 11) is 2.19. The molecule has 1 aromatic heterocycles. The molecule has 1 saturated heterocycles. The topological polar surface area (TPSA) is 85.7 Å². The normalized spacial score (nSPS) is 19.0. The van der Waals surface area contributed by atoms with Gasteiger partial charge >= 0.3 is 5.97 Å². The molecule has 0 amide bonds. The van der Waals surface area contributed by atoms with Crippen LogP contribution in [0, 0.1) is 0 Å². The summed E-state index contributed by atoms with van der Waals surface area (Å²) < 4.78 is 0. The van der Waals surface area contributed by atoms with Crippen LogP contribution in [0.5, 0.6) is 0 Å². The lowest BCUT2D eigenvalue weighted by Gasteiger charge is -2.18. The average molecular weight is 323 g/mol. The molecule has 130 valence electrons. The van der Waals surface area contributed by atoms with E-state index in [-0.39, 0.29) is 13.0 Å². The maximum Gasteiger partial charge on any atom is 0.320 e. The molecule has 2 unspecified atom stereocenters. The lowest BCUT2D eigenvalue weighted by molar-refractivity contribution is -0.139. The Morgan fingerprint density at radius 1 is 1.57 bits per heavy atom. The predicted molar refractivity (Wildman–Crippen MR) is 90.3 cm³/mol. The van der Waals surface area contributed by atoms with E-state index in [1.807, 2.05) is 25.4 Å². The standard InChI is InChI=1S/C10H14N2.C7H15NO3/c1-12-7-3-5-10(12)9-4-2-6-11-8-9;1-2-4-8-6(3-5-9)7(10)11/h2,4,6,8,10H,3,5,7H2,1H3;6,8-9H,2-5H2,1H3,(H,10,11). The van der Waals surface area contributed by atoms with Gasteiger partial charge in [-0.1, -0.05) is 13.0 Å². The van der Waals surface area contributed by atoms with Crippen LogP contribution in [-0.4, -0.2) is 58.9 Å². The second kappa shape index (κ2) is 11.1. The van der Waals surface area contributed by atoms with Gasteiger partial charge in [0, 0.05) is 25.0 Å². The molecule has 0 radical (unpaired) electrons. The lowest BCUT2D eigenvalue weighted by atomic mass is 10.1. The van der Waals surface area contributed by atoms with Crippen molar-refractivity contribution in [1.82, 2.24) is 15.2 Å². The van der Waals surface area contributed by atoms with Crippen molar-refractivity contribution in [3.05, 3.63) is 30.1 Å². The number of rotatable bonds is 7. The second-order valence-corrected chi connectivity index (χ2v) is 5.78. The number of aliphatic hydroxyl groups excluding tert-OH is 1. The fourth-order valence-corrected chi connectivity index (χ4v) is 2.67. The number of hydrogen-bond acceptors (Lipinski definition) is 5. The largest absolute Gasteiger partial charge is 0.480 e. The van der Waals surface area contributed by atoms with Gasteiger partial charge in [-0.25, -0.2) is 0 Å². The average Bonchev–Trinajstić information content (AvgIpc) is 2.99. The van der Waals surface area contributed by atoms with Gasteiger partial charge in [0.25, 0.3) is 0 Å². The van der Waals surface area contributed by atoms with Crippen LogP contribution in [0.2, 0.25) is 0 Å². The highest BCUT2D eigenvalue weighted by atomic mass is 16.4. The van der Waals surface area contributed by atoms with Crippen LogP contribution in [-0.2, 0) is 4.79 Å². The van der Waals surface area contributed by atoms with Gasteiger partial charge in [0.15, 0.2) is 0 Å². The van der Waals surface area contributed by atoms with Crippen molar-refractivity contribution in [2.45, 2.75) is 44.7 Å². The van der Waals surface area contributed by atoms with Crippen molar-refractivity contribution in [3.8, 4) is 0 Å². The molecule has 2 rings (SSSR count). The summed E-state index contributed by atoms with van der Waals surface area (Å²) in [6.45, 7) is 3.77. The molecule has 2 heterocycles. The van der Waals surface area contributed by atoms with Gasteiger partial charge in [-0.15, -0.1) is 0 Å². The third-order valence-electron chi connectivity index (χ3n) is 3.95. The second-order valence-electron chi connectivity index (χ2n) is 5.78. The Morgan fingerprint density at radius 2 is 2.35 bits per heavy atom. The number of pyridine rings is 1. The van der Waals surface area contributed by atoms with Gasteiger partial charge in [-0.3, -0.25) is 14.7 Å². The first-order chi connectivity index (χ1) is 11.1. The first-order valence-corrected chi connectivity index (χ1v) is 8.27. The maximum absolute atomic E-state index is 10.4. The minimum Gasteiger partial charge on any atom is -0.480 e. The molecule has 6 nitrogen and oxygen atoms in total. The van der Waals surface area contributed by atoms with Crippen LogP contribution in [0.15, 0.2) is 24.5 Å². The van der Waals surface area contributed by atoms with Crippen LogP contribution in [0.4, 0.5) is 0 Å². The molecule has 2 atom stereocenters. The van der Waals surface area contributed by atoms with Gasteiger partial charge in [0.2, 0.25) is 0 Å². The van der Waals surface area contributed by atoms with Crippen molar-refractivity contribution in [1.29, 1.82) is 0 Å². The Morgan fingerprint density at radius 3 is 2.83 bits per heavy atom. The molecule has 0 aliphatic carbocycles. The summed E-state index contributed by atoms with van der Waals surface area (Å²) in [6, 6.07) is 4.19. The van der Waals surface area contributed by atoms with Crippen molar-refractivity contribution < 1.29 is 15.0 Å². The van der Waals surface area contributed by atoms with E-state index in [9.17, 15) is 4.79 Å². The Bertz CT molecular complexity index is 442.